The first-order valence-electron chi connectivity index (χ1n) is 5.24. The van der Waals surface area contributed by atoms with Crippen molar-refractivity contribution in [2.75, 3.05) is 0 Å². The van der Waals surface area contributed by atoms with Crippen molar-refractivity contribution < 1.29 is 22.7 Å². The topological polar surface area (TPSA) is 83.5 Å². The monoisotopic (exact) mass is 309 g/mol. The Hall–Kier alpha value is -1.18. The summed E-state index contributed by atoms with van der Waals surface area (Å²) < 4.78 is 39.7. The summed E-state index contributed by atoms with van der Waals surface area (Å²) in [6.45, 7) is 2.79. The Balaban J connectivity index is 3.08. The Kier molecular flexibility index (Phi) is 4.54. The average molecular weight is 310 g/mol. The first-order chi connectivity index (χ1) is 8.53. The Labute approximate surface area is 115 Å². The predicted molar refractivity (Wildman–Crippen MR) is 68.1 cm³/mol. The fourth-order valence-electron chi connectivity index (χ4n) is 1.53. The van der Waals surface area contributed by atoms with E-state index in [1.165, 1.54) is 19.9 Å². The number of halogens is 2. The van der Waals surface area contributed by atoms with Crippen molar-refractivity contribution in [1.29, 1.82) is 0 Å². The number of nitrogens with one attached hydrogen (secondary N) is 1. The van der Waals surface area contributed by atoms with Crippen LogP contribution in [0.1, 0.15) is 20.3 Å². The van der Waals surface area contributed by atoms with Crippen molar-refractivity contribution in [2.24, 2.45) is 0 Å². The van der Waals surface area contributed by atoms with Crippen LogP contribution in [0.15, 0.2) is 23.1 Å². The van der Waals surface area contributed by atoms with Crippen LogP contribution in [0.3, 0.4) is 0 Å². The van der Waals surface area contributed by atoms with Gasteiger partial charge in [0.25, 0.3) is 0 Å². The van der Waals surface area contributed by atoms with Gasteiger partial charge in [0.15, 0.2) is 0 Å². The zero-order chi connectivity index (χ0) is 14.8. The van der Waals surface area contributed by atoms with E-state index < -0.39 is 38.7 Å². The lowest BCUT2D eigenvalue weighted by Gasteiger charge is -2.24. The minimum absolute atomic E-state index is 0.0706. The van der Waals surface area contributed by atoms with Gasteiger partial charge in [0.2, 0.25) is 10.0 Å². The molecular formula is C11H13ClFNO4S. The van der Waals surface area contributed by atoms with Gasteiger partial charge in [0.05, 0.1) is 6.42 Å². The van der Waals surface area contributed by atoms with Gasteiger partial charge in [0, 0.05) is 10.6 Å². The van der Waals surface area contributed by atoms with E-state index in [-0.39, 0.29) is 5.02 Å². The van der Waals surface area contributed by atoms with Crippen LogP contribution in [-0.2, 0) is 14.8 Å². The molecule has 1 rings (SSSR count). The van der Waals surface area contributed by atoms with Crippen molar-refractivity contribution in [1.82, 2.24) is 4.72 Å². The first kappa shape index (κ1) is 15.9. The smallest absolute Gasteiger partial charge is 0.305 e. The van der Waals surface area contributed by atoms with E-state index in [2.05, 4.69) is 4.72 Å². The van der Waals surface area contributed by atoms with Crippen molar-refractivity contribution >= 4 is 27.6 Å². The molecule has 1 aromatic carbocycles. The summed E-state index contributed by atoms with van der Waals surface area (Å²) in [7, 11) is -4.16. The molecule has 0 aliphatic rings. The minimum atomic E-state index is -4.16. The summed E-state index contributed by atoms with van der Waals surface area (Å²) in [4.78, 5) is 10.0. The molecule has 0 radical (unpaired) electrons. The molecule has 1 aromatic rings. The zero-order valence-electron chi connectivity index (χ0n) is 10.3. The highest BCUT2D eigenvalue weighted by atomic mass is 35.5. The average Bonchev–Trinajstić information content (AvgIpc) is 2.11. The second kappa shape index (κ2) is 5.44. The summed E-state index contributed by atoms with van der Waals surface area (Å²) in [5.74, 6) is -2.16. The summed E-state index contributed by atoms with van der Waals surface area (Å²) in [6, 6.07) is 3.14. The number of carboxylic acid groups (broad SMARTS) is 1. The number of carboxylic acids is 1. The third-order valence-corrected chi connectivity index (χ3v) is 4.15. The molecule has 0 fully saturated rings. The minimum Gasteiger partial charge on any atom is -0.481 e. The third kappa shape index (κ3) is 4.45. The van der Waals surface area contributed by atoms with Crippen LogP contribution in [0.5, 0.6) is 0 Å². The lowest BCUT2D eigenvalue weighted by molar-refractivity contribution is -0.138. The van der Waals surface area contributed by atoms with Gasteiger partial charge in [-0.3, -0.25) is 4.79 Å². The first-order valence-corrected chi connectivity index (χ1v) is 7.10. The summed E-state index contributed by atoms with van der Waals surface area (Å²) >= 11 is 5.54. The van der Waals surface area contributed by atoms with Crippen LogP contribution in [-0.4, -0.2) is 25.0 Å². The maximum absolute atomic E-state index is 13.6. The van der Waals surface area contributed by atoms with Crippen LogP contribution in [0, 0.1) is 5.82 Å². The van der Waals surface area contributed by atoms with Crippen LogP contribution >= 0.6 is 11.6 Å². The molecular weight excluding hydrogens is 297 g/mol. The maximum atomic E-state index is 13.6. The number of aliphatic carboxylic acids is 1. The largest absolute Gasteiger partial charge is 0.481 e. The van der Waals surface area contributed by atoms with E-state index in [9.17, 15) is 17.6 Å². The second-order valence-corrected chi connectivity index (χ2v) is 6.72. The zero-order valence-corrected chi connectivity index (χ0v) is 11.8. The lowest BCUT2D eigenvalue weighted by Crippen LogP contribution is -2.45. The maximum Gasteiger partial charge on any atom is 0.305 e. The Bertz CT molecular complexity index is 601. The van der Waals surface area contributed by atoms with Gasteiger partial charge in [-0.15, -0.1) is 0 Å². The molecule has 0 bridgehead atoms. The molecule has 5 nitrogen and oxygen atoms in total. The van der Waals surface area contributed by atoms with Crippen molar-refractivity contribution in [2.45, 2.75) is 30.7 Å². The molecule has 0 aliphatic heterocycles. The molecule has 0 aliphatic carbocycles. The van der Waals surface area contributed by atoms with Crippen LogP contribution in [0.2, 0.25) is 5.02 Å². The second-order valence-electron chi connectivity index (χ2n) is 4.63. The fraction of sp³-hybridized carbons (Fsp3) is 0.364. The molecule has 106 valence electrons. The molecule has 19 heavy (non-hydrogen) atoms. The third-order valence-electron chi connectivity index (χ3n) is 2.19. The van der Waals surface area contributed by atoms with E-state index in [1.54, 1.807) is 0 Å². The Morgan fingerprint density at radius 2 is 2.05 bits per heavy atom. The predicted octanol–water partition coefficient (Wildman–Crippen LogP) is 2.01. The van der Waals surface area contributed by atoms with Crippen LogP contribution in [0.25, 0.3) is 0 Å². The van der Waals surface area contributed by atoms with Crippen LogP contribution in [0.4, 0.5) is 4.39 Å². The standard InChI is InChI=1S/C11H13ClFNO4S/c1-11(2,6-10(15)16)14-19(17,18)9-4-3-7(12)5-8(9)13/h3-5,14H,6H2,1-2H3,(H,15,16). The highest BCUT2D eigenvalue weighted by molar-refractivity contribution is 7.89. The van der Waals surface area contributed by atoms with Crippen LogP contribution < -0.4 is 4.72 Å². The van der Waals surface area contributed by atoms with Gasteiger partial charge < -0.3 is 5.11 Å². The quantitative estimate of drug-likeness (QED) is 0.871. The molecule has 0 amide bonds. The van der Waals surface area contributed by atoms with Crippen molar-refractivity contribution in [3.8, 4) is 0 Å². The number of hydrogen-bond donors (Lipinski definition) is 2. The van der Waals surface area contributed by atoms with E-state index >= 15 is 0 Å². The van der Waals surface area contributed by atoms with Crippen molar-refractivity contribution in [3.63, 3.8) is 0 Å². The number of hydrogen-bond acceptors (Lipinski definition) is 3. The molecule has 0 saturated carbocycles. The Morgan fingerprint density at radius 1 is 1.47 bits per heavy atom. The molecule has 0 spiro atoms. The molecule has 0 aromatic heterocycles. The number of rotatable bonds is 5. The lowest BCUT2D eigenvalue weighted by atomic mass is 10.0. The highest BCUT2D eigenvalue weighted by Gasteiger charge is 2.30. The van der Waals surface area contributed by atoms with Gasteiger partial charge in [-0.25, -0.2) is 17.5 Å². The molecule has 0 saturated heterocycles. The molecule has 0 unspecified atom stereocenters. The van der Waals surface area contributed by atoms with Gasteiger partial charge >= 0.3 is 5.97 Å². The molecule has 0 heterocycles. The van der Waals surface area contributed by atoms with Gasteiger partial charge in [-0.1, -0.05) is 11.6 Å². The molecule has 0 atom stereocenters. The van der Waals surface area contributed by atoms with Gasteiger partial charge in [0.1, 0.15) is 10.7 Å². The fourth-order valence-corrected chi connectivity index (χ4v) is 3.16. The van der Waals surface area contributed by atoms with E-state index in [1.807, 2.05) is 0 Å². The summed E-state index contributed by atoms with van der Waals surface area (Å²) in [6.07, 6.45) is -0.429. The Morgan fingerprint density at radius 3 is 2.53 bits per heavy atom. The summed E-state index contributed by atoms with van der Waals surface area (Å²) in [5, 5.41) is 8.75. The van der Waals surface area contributed by atoms with E-state index in [0.29, 0.717) is 0 Å². The number of carbonyl (C=O) groups is 1. The molecule has 2 N–H and O–H groups in total. The van der Waals surface area contributed by atoms with E-state index in [0.717, 1.165) is 12.1 Å². The SMILES string of the molecule is CC(C)(CC(=O)O)NS(=O)(=O)c1ccc(Cl)cc1F. The number of benzene rings is 1. The number of sulfonamides is 1. The van der Waals surface area contributed by atoms with E-state index in [4.69, 9.17) is 16.7 Å². The van der Waals surface area contributed by atoms with Gasteiger partial charge in [-0.2, -0.15) is 0 Å². The van der Waals surface area contributed by atoms with Gasteiger partial charge in [-0.05, 0) is 32.0 Å². The highest BCUT2D eigenvalue weighted by Crippen LogP contribution is 2.21. The normalized spacial score (nSPS) is 12.4. The van der Waals surface area contributed by atoms with Crippen molar-refractivity contribution in [3.05, 3.63) is 29.0 Å². The molecule has 8 heteroatoms. The summed E-state index contributed by atoms with van der Waals surface area (Å²) in [5.41, 5.74) is -1.24.